The summed E-state index contributed by atoms with van der Waals surface area (Å²) in [6.45, 7) is 1.78. The van der Waals surface area contributed by atoms with E-state index < -0.39 is 0 Å². The third-order valence-corrected chi connectivity index (χ3v) is 3.69. The fraction of sp³-hybridized carbons (Fsp3) is 0.235. The van der Waals surface area contributed by atoms with Gasteiger partial charge in [0.2, 0.25) is 0 Å². The molecule has 2 aromatic rings. The van der Waals surface area contributed by atoms with Gasteiger partial charge in [0.25, 0.3) is 0 Å². The minimum atomic E-state index is -0.362. The highest BCUT2D eigenvalue weighted by Gasteiger charge is 2.30. The van der Waals surface area contributed by atoms with E-state index in [2.05, 4.69) is 0 Å². The normalized spacial score (nSPS) is 17.2. The highest BCUT2D eigenvalue weighted by atomic mass is 16.5. The van der Waals surface area contributed by atoms with Gasteiger partial charge in [-0.05, 0) is 30.2 Å². The second kappa shape index (κ2) is 5.22. The van der Waals surface area contributed by atoms with Crippen molar-refractivity contribution in [1.82, 2.24) is 0 Å². The Kier molecular flexibility index (Phi) is 3.39. The first-order chi connectivity index (χ1) is 10.1. The average molecular weight is 284 g/mol. The van der Waals surface area contributed by atoms with Crippen molar-refractivity contribution in [3.8, 4) is 11.5 Å². The number of aliphatic hydroxyl groups is 1. The first kappa shape index (κ1) is 13.6. The molecule has 0 radical (unpaired) electrons. The number of aliphatic hydroxyl groups excluding tert-OH is 1. The number of Topliss-reactive ketones (excluding diaryl/α,β-unsaturated/α-hetero) is 1. The molecule has 2 aromatic carbocycles. The molecule has 4 heteroatoms. The smallest absolute Gasteiger partial charge is 0.174 e. The van der Waals surface area contributed by atoms with Crippen LogP contribution in [-0.2, 0) is 6.61 Å². The Morgan fingerprint density at radius 2 is 1.95 bits per heavy atom. The second-order valence-electron chi connectivity index (χ2n) is 5.29. The minimum absolute atomic E-state index is 0.135. The first-order valence-corrected chi connectivity index (χ1v) is 6.81. The number of hydrogen-bond acceptors (Lipinski definition) is 4. The van der Waals surface area contributed by atoms with Crippen LogP contribution in [0.25, 0.3) is 0 Å². The maximum atomic E-state index is 12.3. The molecule has 0 bridgehead atoms. The Bertz CT molecular complexity index is 689. The molecule has 1 unspecified atom stereocenters. The summed E-state index contributed by atoms with van der Waals surface area (Å²) in [4.78, 5) is 12.3. The molecule has 0 amide bonds. The maximum Gasteiger partial charge on any atom is 0.174 e. The van der Waals surface area contributed by atoms with Gasteiger partial charge in [-0.25, -0.2) is 0 Å². The summed E-state index contributed by atoms with van der Waals surface area (Å²) in [5.41, 5.74) is 2.79. The summed E-state index contributed by atoms with van der Waals surface area (Å²) in [5, 5.41) is 19.1. The van der Waals surface area contributed by atoms with Crippen LogP contribution >= 0.6 is 0 Å². The number of aryl methyl sites for hydroxylation is 1. The van der Waals surface area contributed by atoms with E-state index in [0.717, 1.165) is 11.1 Å². The molecular weight excluding hydrogens is 268 g/mol. The van der Waals surface area contributed by atoms with Crippen LogP contribution in [0.15, 0.2) is 36.4 Å². The van der Waals surface area contributed by atoms with Crippen molar-refractivity contribution in [2.45, 2.75) is 26.1 Å². The molecule has 0 saturated carbocycles. The number of ether oxygens (including phenoxy) is 1. The lowest BCUT2D eigenvalue weighted by atomic mass is 9.94. The topological polar surface area (TPSA) is 66.8 Å². The highest BCUT2D eigenvalue weighted by Crippen LogP contribution is 2.40. The van der Waals surface area contributed by atoms with Gasteiger partial charge in [0.15, 0.2) is 5.78 Å². The van der Waals surface area contributed by atoms with Crippen LogP contribution in [0.2, 0.25) is 0 Å². The van der Waals surface area contributed by atoms with Crippen molar-refractivity contribution in [3.63, 3.8) is 0 Å². The predicted molar refractivity (Wildman–Crippen MR) is 77.5 cm³/mol. The maximum absolute atomic E-state index is 12.3. The zero-order valence-corrected chi connectivity index (χ0v) is 11.7. The fourth-order valence-corrected chi connectivity index (χ4v) is 2.55. The Balaban J connectivity index is 1.99. The second-order valence-corrected chi connectivity index (χ2v) is 5.29. The molecule has 0 spiro atoms. The SMILES string of the molecule is Cc1ccc(C2CC(=O)c3c(O)cc(CO)cc3O2)cc1. The number of phenolic OH excluding ortho intramolecular Hbond substituents is 1. The quantitative estimate of drug-likeness (QED) is 0.890. The Labute approximate surface area is 122 Å². The molecule has 4 nitrogen and oxygen atoms in total. The predicted octanol–water partition coefficient (Wildman–Crippen LogP) is 2.90. The number of ketones is 1. The zero-order valence-electron chi connectivity index (χ0n) is 11.7. The first-order valence-electron chi connectivity index (χ1n) is 6.81. The molecule has 1 aliphatic heterocycles. The lowest BCUT2D eigenvalue weighted by molar-refractivity contribution is 0.0844. The molecule has 1 heterocycles. The monoisotopic (exact) mass is 284 g/mol. The van der Waals surface area contributed by atoms with Crippen LogP contribution in [0.1, 0.15) is 39.6 Å². The number of rotatable bonds is 2. The Hall–Kier alpha value is -2.33. The number of hydrogen-bond donors (Lipinski definition) is 2. The molecule has 21 heavy (non-hydrogen) atoms. The summed E-state index contributed by atoms with van der Waals surface area (Å²) < 4.78 is 5.86. The highest BCUT2D eigenvalue weighted by molar-refractivity contribution is 6.02. The largest absolute Gasteiger partial charge is 0.507 e. The van der Waals surface area contributed by atoms with E-state index >= 15 is 0 Å². The zero-order chi connectivity index (χ0) is 15.0. The molecular formula is C17H16O4. The lowest BCUT2D eigenvalue weighted by Crippen LogP contribution is -2.20. The van der Waals surface area contributed by atoms with Gasteiger partial charge in [-0.15, -0.1) is 0 Å². The van der Waals surface area contributed by atoms with Crippen LogP contribution < -0.4 is 4.74 Å². The van der Waals surface area contributed by atoms with Crippen molar-refractivity contribution in [2.24, 2.45) is 0 Å². The minimum Gasteiger partial charge on any atom is -0.507 e. The molecule has 108 valence electrons. The molecule has 0 saturated heterocycles. The lowest BCUT2D eigenvalue weighted by Gasteiger charge is -2.26. The van der Waals surface area contributed by atoms with Crippen molar-refractivity contribution in [2.75, 3.05) is 0 Å². The van der Waals surface area contributed by atoms with Crippen LogP contribution in [0, 0.1) is 6.92 Å². The number of phenols is 1. The van der Waals surface area contributed by atoms with E-state index in [1.54, 1.807) is 6.07 Å². The van der Waals surface area contributed by atoms with E-state index in [9.17, 15) is 15.0 Å². The third kappa shape index (κ3) is 2.50. The molecule has 0 aromatic heterocycles. The molecule has 2 N–H and O–H groups in total. The molecule has 0 aliphatic carbocycles. The van der Waals surface area contributed by atoms with Gasteiger partial charge in [-0.2, -0.15) is 0 Å². The van der Waals surface area contributed by atoms with E-state index in [0.29, 0.717) is 11.3 Å². The summed E-state index contributed by atoms with van der Waals surface area (Å²) in [5.74, 6) is 0.0496. The van der Waals surface area contributed by atoms with Crippen molar-refractivity contribution >= 4 is 5.78 Å². The van der Waals surface area contributed by atoms with E-state index in [-0.39, 0.29) is 36.2 Å². The van der Waals surface area contributed by atoms with Gasteiger partial charge in [0.05, 0.1) is 13.0 Å². The van der Waals surface area contributed by atoms with Crippen molar-refractivity contribution in [1.29, 1.82) is 0 Å². The Morgan fingerprint density at radius 3 is 2.62 bits per heavy atom. The van der Waals surface area contributed by atoms with Crippen LogP contribution in [0.4, 0.5) is 0 Å². The standard InChI is InChI=1S/C17H16O4/c1-10-2-4-12(5-3-10)15-8-14(20)17-13(19)6-11(9-18)7-16(17)21-15/h2-7,15,18-19H,8-9H2,1H3. The summed E-state index contributed by atoms with van der Waals surface area (Å²) in [7, 11) is 0. The van der Waals surface area contributed by atoms with Gasteiger partial charge in [0, 0.05) is 0 Å². The molecule has 1 aliphatic rings. The van der Waals surface area contributed by atoms with Crippen molar-refractivity contribution < 1.29 is 19.7 Å². The van der Waals surface area contributed by atoms with E-state index in [4.69, 9.17) is 4.74 Å². The van der Waals surface area contributed by atoms with Gasteiger partial charge >= 0.3 is 0 Å². The molecule has 0 fully saturated rings. The number of carbonyl (C=O) groups is 1. The molecule has 1 atom stereocenters. The van der Waals surface area contributed by atoms with E-state index in [1.807, 2.05) is 31.2 Å². The van der Waals surface area contributed by atoms with Gasteiger partial charge in [-0.1, -0.05) is 29.8 Å². The van der Waals surface area contributed by atoms with Gasteiger partial charge < -0.3 is 14.9 Å². The van der Waals surface area contributed by atoms with Gasteiger partial charge in [0.1, 0.15) is 23.2 Å². The number of aromatic hydroxyl groups is 1. The number of carbonyl (C=O) groups excluding carboxylic acids is 1. The number of fused-ring (bicyclic) bond motifs is 1. The van der Waals surface area contributed by atoms with Gasteiger partial charge in [-0.3, -0.25) is 4.79 Å². The summed E-state index contributed by atoms with van der Waals surface area (Å²) in [6.07, 6.45) is -0.166. The van der Waals surface area contributed by atoms with E-state index in [1.165, 1.54) is 6.07 Å². The fourth-order valence-electron chi connectivity index (χ4n) is 2.55. The van der Waals surface area contributed by atoms with Crippen LogP contribution in [0.5, 0.6) is 11.5 Å². The van der Waals surface area contributed by atoms with Crippen molar-refractivity contribution in [3.05, 3.63) is 58.7 Å². The third-order valence-electron chi connectivity index (χ3n) is 3.69. The molecule has 3 rings (SSSR count). The summed E-state index contributed by atoms with van der Waals surface area (Å²) in [6, 6.07) is 10.8. The van der Waals surface area contributed by atoms with Crippen LogP contribution in [0.3, 0.4) is 0 Å². The average Bonchev–Trinajstić information content (AvgIpc) is 2.46. The van der Waals surface area contributed by atoms with Crippen LogP contribution in [-0.4, -0.2) is 16.0 Å². The number of benzene rings is 2. The summed E-state index contributed by atoms with van der Waals surface area (Å²) >= 11 is 0. The Morgan fingerprint density at radius 1 is 1.24 bits per heavy atom.